The van der Waals surface area contributed by atoms with Crippen molar-refractivity contribution in [2.24, 2.45) is 0 Å². The van der Waals surface area contributed by atoms with Crippen LogP contribution >= 0.6 is 0 Å². The van der Waals surface area contributed by atoms with Crippen molar-refractivity contribution in [3.63, 3.8) is 0 Å². The summed E-state index contributed by atoms with van der Waals surface area (Å²) in [6.07, 6.45) is 0. The SMILES string of the molecule is COc1ccc(S(=O)(=O)N(Cc2ccc(F)cc2)c2cc(OC)cc(OC)c2)cc1. The molecule has 3 aromatic rings. The summed E-state index contributed by atoms with van der Waals surface area (Å²) in [7, 11) is 0.516. The molecule has 8 heteroatoms. The van der Waals surface area contributed by atoms with Crippen LogP contribution in [0.5, 0.6) is 17.2 Å². The Kier molecular flexibility index (Phi) is 6.47. The monoisotopic (exact) mass is 431 g/mol. The molecule has 0 heterocycles. The van der Waals surface area contributed by atoms with Crippen LogP contribution in [0.15, 0.2) is 71.6 Å². The van der Waals surface area contributed by atoms with Crippen LogP contribution in [0, 0.1) is 5.82 Å². The molecule has 0 aliphatic carbocycles. The maximum Gasteiger partial charge on any atom is 0.264 e. The highest BCUT2D eigenvalue weighted by atomic mass is 32.2. The lowest BCUT2D eigenvalue weighted by Crippen LogP contribution is -2.30. The molecule has 0 radical (unpaired) electrons. The Morgan fingerprint density at radius 3 is 1.80 bits per heavy atom. The molecule has 0 atom stereocenters. The van der Waals surface area contributed by atoms with E-state index in [1.807, 2.05) is 0 Å². The highest BCUT2D eigenvalue weighted by Gasteiger charge is 2.26. The third-order valence-corrected chi connectivity index (χ3v) is 6.30. The first-order valence-electron chi connectivity index (χ1n) is 9.01. The van der Waals surface area contributed by atoms with Gasteiger partial charge in [-0.25, -0.2) is 12.8 Å². The fourth-order valence-electron chi connectivity index (χ4n) is 2.88. The van der Waals surface area contributed by atoms with Gasteiger partial charge in [0.1, 0.15) is 23.1 Å². The fraction of sp³-hybridized carbons (Fsp3) is 0.182. The van der Waals surface area contributed by atoms with Gasteiger partial charge >= 0.3 is 0 Å². The molecule has 0 aliphatic rings. The molecule has 0 N–H and O–H groups in total. The highest BCUT2D eigenvalue weighted by molar-refractivity contribution is 7.92. The molecule has 3 aromatic carbocycles. The van der Waals surface area contributed by atoms with Crippen LogP contribution in [0.25, 0.3) is 0 Å². The summed E-state index contributed by atoms with van der Waals surface area (Å²) in [5, 5.41) is 0. The Labute approximate surface area is 175 Å². The fourth-order valence-corrected chi connectivity index (χ4v) is 4.32. The molecule has 0 amide bonds. The highest BCUT2D eigenvalue weighted by Crippen LogP contribution is 2.33. The topological polar surface area (TPSA) is 65.1 Å². The van der Waals surface area contributed by atoms with E-state index in [2.05, 4.69) is 0 Å². The Hall–Kier alpha value is -3.26. The van der Waals surface area contributed by atoms with Crippen LogP contribution in [0.2, 0.25) is 0 Å². The zero-order valence-electron chi connectivity index (χ0n) is 16.8. The Morgan fingerprint density at radius 2 is 1.30 bits per heavy atom. The van der Waals surface area contributed by atoms with Crippen molar-refractivity contribution in [2.75, 3.05) is 25.6 Å². The molecule has 6 nitrogen and oxygen atoms in total. The minimum Gasteiger partial charge on any atom is -0.497 e. The first kappa shape index (κ1) is 21.4. The molecular formula is C22H22FNO5S. The molecule has 0 aromatic heterocycles. The number of ether oxygens (including phenoxy) is 3. The van der Waals surface area contributed by atoms with Gasteiger partial charge in [-0.2, -0.15) is 0 Å². The van der Waals surface area contributed by atoms with Crippen LogP contribution in [0.1, 0.15) is 5.56 Å². The average Bonchev–Trinajstić information content (AvgIpc) is 2.78. The maximum absolute atomic E-state index is 13.5. The Bertz CT molecular complexity index is 1080. The van der Waals surface area contributed by atoms with Crippen molar-refractivity contribution < 1.29 is 27.0 Å². The van der Waals surface area contributed by atoms with Gasteiger partial charge < -0.3 is 14.2 Å². The van der Waals surface area contributed by atoms with E-state index in [1.54, 1.807) is 42.5 Å². The number of rotatable bonds is 8. The molecule has 0 saturated heterocycles. The Balaban J connectivity index is 2.12. The summed E-state index contributed by atoms with van der Waals surface area (Å²) in [4.78, 5) is 0.0900. The summed E-state index contributed by atoms with van der Waals surface area (Å²) < 4.78 is 57.3. The molecule has 0 aliphatic heterocycles. The second-order valence-electron chi connectivity index (χ2n) is 6.38. The van der Waals surface area contributed by atoms with Gasteiger partial charge in [0.15, 0.2) is 0 Å². The lowest BCUT2D eigenvalue weighted by molar-refractivity contribution is 0.394. The van der Waals surface area contributed by atoms with Crippen LogP contribution in [-0.2, 0) is 16.6 Å². The molecule has 158 valence electrons. The number of benzene rings is 3. The second-order valence-corrected chi connectivity index (χ2v) is 8.25. The van der Waals surface area contributed by atoms with Gasteiger partial charge in [0.25, 0.3) is 10.0 Å². The van der Waals surface area contributed by atoms with Crippen LogP contribution in [0.4, 0.5) is 10.1 Å². The number of sulfonamides is 1. The molecule has 0 unspecified atom stereocenters. The molecule has 3 rings (SSSR count). The average molecular weight is 431 g/mol. The quantitative estimate of drug-likeness (QED) is 0.534. The zero-order valence-corrected chi connectivity index (χ0v) is 17.6. The van der Waals surface area contributed by atoms with E-state index in [9.17, 15) is 12.8 Å². The van der Waals surface area contributed by atoms with Gasteiger partial charge in [-0.15, -0.1) is 0 Å². The number of nitrogens with zero attached hydrogens (tertiary/aromatic N) is 1. The van der Waals surface area contributed by atoms with E-state index in [0.29, 0.717) is 28.5 Å². The largest absolute Gasteiger partial charge is 0.497 e. The van der Waals surface area contributed by atoms with E-state index in [-0.39, 0.29) is 11.4 Å². The van der Waals surface area contributed by atoms with Gasteiger partial charge in [0, 0.05) is 18.2 Å². The number of hydrogen-bond donors (Lipinski definition) is 0. The third-order valence-electron chi connectivity index (χ3n) is 4.51. The molecule has 30 heavy (non-hydrogen) atoms. The number of halogens is 1. The van der Waals surface area contributed by atoms with E-state index >= 15 is 0 Å². The number of methoxy groups -OCH3 is 3. The van der Waals surface area contributed by atoms with Gasteiger partial charge in [-0.1, -0.05) is 12.1 Å². The van der Waals surface area contributed by atoms with Crippen molar-refractivity contribution in [2.45, 2.75) is 11.4 Å². The van der Waals surface area contributed by atoms with Crippen molar-refractivity contribution >= 4 is 15.7 Å². The van der Waals surface area contributed by atoms with Crippen LogP contribution < -0.4 is 18.5 Å². The van der Waals surface area contributed by atoms with Gasteiger partial charge in [0.2, 0.25) is 0 Å². The van der Waals surface area contributed by atoms with Crippen molar-refractivity contribution in [3.8, 4) is 17.2 Å². The predicted molar refractivity (Wildman–Crippen MR) is 112 cm³/mol. The number of hydrogen-bond acceptors (Lipinski definition) is 5. The minimum atomic E-state index is -3.96. The number of anilines is 1. The summed E-state index contributed by atoms with van der Waals surface area (Å²) in [6, 6.07) is 16.6. The molecule has 0 saturated carbocycles. The zero-order chi connectivity index (χ0) is 21.7. The molecule has 0 spiro atoms. The van der Waals surface area contributed by atoms with Crippen molar-refractivity contribution in [3.05, 3.63) is 78.1 Å². The summed E-state index contributed by atoms with van der Waals surface area (Å²) in [5.41, 5.74) is 0.974. The molecule has 0 fully saturated rings. The lowest BCUT2D eigenvalue weighted by Gasteiger charge is -2.25. The predicted octanol–water partition coefficient (Wildman–Crippen LogP) is 4.25. The lowest BCUT2D eigenvalue weighted by atomic mass is 10.2. The van der Waals surface area contributed by atoms with Crippen molar-refractivity contribution in [1.82, 2.24) is 0 Å². The van der Waals surface area contributed by atoms with Crippen LogP contribution in [-0.4, -0.2) is 29.7 Å². The maximum atomic E-state index is 13.5. The standard InChI is InChI=1S/C22H22FNO5S/c1-27-19-8-10-22(11-9-19)30(25,26)24(15-16-4-6-17(23)7-5-16)18-12-20(28-2)14-21(13-18)29-3/h4-14H,15H2,1-3H3. The van der Waals surface area contributed by atoms with E-state index in [0.717, 1.165) is 0 Å². The summed E-state index contributed by atoms with van der Waals surface area (Å²) >= 11 is 0. The van der Waals surface area contributed by atoms with Gasteiger partial charge in [0.05, 0.1) is 38.5 Å². The molecule has 0 bridgehead atoms. The van der Waals surface area contributed by atoms with Gasteiger partial charge in [-0.05, 0) is 42.0 Å². The Morgan fingerprint density at radius 1 is 0.767 bits per heavy atom. The van der Waals surface area contributed by atoms with E-state index in [1.165, 1.54) is 49.9 Å². The summed E-state index contributed by atoms with van der Waals surface area (Å²) in [5.74, 6) is 1.03. The second kappa shape index (κ2) is 9.04. The van der Waals surface area contributed by atoms with Gasteiger partial charge in [-0.3, -0.25) is 4.31 Å². The third kappa shape index (κ3) is 4.65. The van der Waals surface area contributed by atoms with Crippen molar-refractivity contribution in [1.29, 1.82) is 0 Å². The van der Waals surface area contributed by atoms with E-state index < -0.39 is 15.8 Å². The van der Waals surface area contributed by atoms with Crippen LogP contribution in [0.3, 0.4) is 0 Å². The smallest absolute Gasteiger partial charge is 0.264 e. The first-order chi connectivity index (χ1) is 14.4. The normalized spacial score (nSPS) is 11.1. The minimum absolute atomic E-state index is 0.00896. The molecular weight excluding hydrogens is 409 g/mol. The summed E-state index contributed by atoms with van der Waals surface area (Å²) in [6.45, 7) is -0.00896. The first-order valence-corrected chi connectivity index (χ1v) is 10.5. The van der Waals surface area contributed by atoms with E-state index in [4.69, 9.17) is 14.2 Å².